The van der Waals surface area contributed by atoms with Gasteiger partial charge in [-0.1, -0.05) is 38.3 Å². The SMILES string of the molecule is CCCCCCC=CCCCCOC(=O)c1ccc(O)cc1. The molecular weight excluding hydrogens is 276 g/mol. The molecule has 0 unspecified atom stereocenters. The Bertz CT molecular complexity index is 434. The summed E-state index contributed by atoms with van der Waals surface area (Å²) in [6.45, 7) is 2.67. The molecule has 0 aromatic heterocycles. The summed E-state index contributed by atoms with van der Waals surface area (Å²) >= 11 is 0. The Morgan fingerprint density at radius 2 is 1.64 bits per heavy atom. The van der Waals surface area contributed by atoms with Crippen LogP contribution < -0.4 is 0 Å². The van der Waals surface area contributed by atoms with E-state index in [1.807, 2.05) is 0 Å². The van der Waals surface area contributed by atoms with Crippen molar-refractivity contribution in [3.8, 4) is 5.75 Å². The number of unbranched alkanes of at least 4 members (excludes halogenated alkanes) is 6. The number of rotatable bonds is 11. The van der Waals surface area contributed by atoms with E-state index in [2.05, 4.69) is 19.1 Å². The molecule has 0 heterocycles. The lowest BCUT2D eigenvalue weighted by molar-refractivity contribution is 0.0498. The summed E-state index contributed by atoms with van der Waals surface area (Å²) in [5.41, 5.74) is 0.477. The molecule has 1 rings (SSSR count). The molecule has 22 heavy (non-hydrogen) atoms. The molecule has 0 fully saturated rings. The van der Waals surface area contributed by atoms with Crippen molar-refractivity contribution in [2.75, 3.05) is 6.61 Å². The van der Waals surface area contributed by atoms with Gasteiger partial charge >= 0.3 is 5.97 Å². The molecule has 0 atom stereocenters. The van der Waals surface area contributed by atoms with Crippen LogP contribution in [0.5, 0.6) is 5.75 Å². The van der Waals surface area contributed by atoms with Crippen LogP contribution in [-0.2, 0) is 4.74 Å². The van der Waals surface area contributed by atoms with Crippen LogP contribution in [0.2, 0.25) is 0 Å². The maximum absolute atomic E-state index is 11.7. The number of esters is 1. The molecule has 0 bridgehead atoms. The molecule has 0 saturated carbocycles. The van der Waals surface area contributed by atoms with Crippen LogP contribution in [0.3, 0.4) is 0 Å². The fraction of sp³-hybridized carbons (Fsp3) is 0.526. The van der Waals surface area contributed by atoms with E-state index < -0.39 is 0 Å². The second-order valence-corrected chi connectivity index (χ2v) is 5.50. The first-order chi connectivity index (χ1) is 10.7. The normalized spacial score (nSPS) is 11.0. The molecule has 0 amide bonds. The van der Waals surface area contributed by atoms with E-state index in [9.17, 15) is 4.79 Å². The van der Waals surface area contributed by atoms with E-state index in [0.717, 1.165) is 19.3 Å². The molecule has 0 aliphatic carbocycles. The zero-order valence-corrected chi connectivity index (χ0v) is 13.6. The number of phenols is 1. The summed E-state index contributed by atoms with van der Waals surface area (Å²) in [5, 5.41) is 9.16. The van der Waals surface area contributed by atoms with Crippen molar-refractivity contribution >= 4 is 5.97 Å². The number of aromatic hydroxyl groups is 1. The summed E-state index contributed by atoms with van der Waals surface area (Å²) < 4.78 is 5.20. The van der Waals surface area contributed by atoms with E-state index in [-0.39, 0.29) is 11.7 Å². The summed E-state index contributed by atoms with van der Waals surface area (Å²) in [7, 11) is 0. The average Bonchev–Trinajstić information content (AvgIpc) is 2.53. The maximum Gasteiger partial charge on any atom is 0.338 e. The monoisotopic (exact) mass is 304 g/mol. The molecule has 0 aliphatic heterocycles. The van der Waals surface area contributed by atoms with Gasteiger partial charge in [0.1, 0.15) is 5.75 Å². The highest BCUT2D eigenvalue weighted by molar-refractivity contribution is 5.89. The highest BCUT2D eigenvalue weighted by Crippen LogP contribution is 2.11. The second-order valence-electron chi connectivity index (χ2n) is 5.50. The van der Waals surface area contributed by atoms with E-state index in [1.54, 1.807) is 12.1 Å². The van der Waals surface area contributed by atoms with Crippen LogP contribution in [0.25, 0.3) is 0 Å². The van der Waals surface area contributed by atoms with Crippen LogP contribution in [0.15, 0.2) is 36.4 Å². The van der Waals surface area contributed by atoms with Crippen molar-refractivity contribution in [1.82, 2.24) is 0 Å². The van der Waals surface area contributed by atoms with E-state index in [4.69, 9.17) is 9.84 Å². The number of phenolic OH excluding ortho intramolecular Hbond substituents is 1. The molecule has 0 spiro atoms. The lowest BCUT2D eigenvalue weighted by Gasteiger charge is -2.04. The number of hydrogen-bond donors (Lipinski definition) is 1. The maximum atomic E-state index is 11.7. The van der Waals surface area contributed by atoms with Gasteiger partial charge in [0, 0.05) is 0 Å². The Kier molecular flexibility index (Phi) is 9.84. The van der Waals surface area contributed by atoms with Gasteiger partial charge in [0.05, 0.1) is 12.2 Å². The molecule has 1 aromatic rings. The number of allylic oxidation sites excluding steroid dienone is 2. The molecule has 0 radical (unpaired) electrons. The first-order valence-corrected chi connectivity index (χ1v) is 8.35. The Hall–Kier alpha value is -1.77. The summed E-state index contributed by atoms with van der Waals surface area (Å²) in [6.07, 6.45) is 13.9. The van der Waals surface area contributed by atoms with Crippen LogP contribution in [0, 0.1) is 0 Å². The van der Waals surface area contributed by atoms with Gasteiger partial charge in [-0.15, -0.1) is 0 Å². The van der Waals surface area contributed by atoms with Crippen LogP contribution in [0.4, 0.5) is 0 Å². The predicted octanol–water partition coefficient (Wildman–Crippen LogP) is 5.25. The van der Waals surface area contributed by atoms with Crippen molar-refractivity contribution in [1.29, 1.82) is 0 Å². The Balaban J connectivity index is 2.00. The first-order valence-electron chi connectivity index (χ1n) is 8.35. The topological polar surface area (TPSA) is 46.5 Å². The van der Waals surface area contributed by atoms with Gasteiger partial charge in [0.2, 0.25) is 0 Å². The minimum atomic E-state index is -0.327. The van der Waals surface area contributed by atoms with Crippen molar-refractivity contribution in [2.24, 2.45) is 0 Å². The third kappa shape index (κ3) is 8.50. The third-order valence-corrected chi connectivity index (χ3v) is 3.49. The van der Waals surface area contributed by atoms with Crippen LogP contribution >= 0.6 is 0 Å². The summed E-state index contributed by atoms with van der Waals surface area (Å²) in [6, 6.07) is 6.11. The van der Waals surface area contributed by atoms with Gasteiger partial charge in [-0.05, 0) is 56.4 Å². The highest BCUT2D eigenvalue weighted by atomic mass is 16.5. The van der Waals surface area contributed by atoms with Crippen LogP contribution in [0.1, 0.15) is 68.6 Å². The van der Waals surface area contributed by atoms with Gasteiger partial charge in [-0.25, -0.2) is 4.79 Å². The quantitative estimate of drug-likeness (QED) is 0.345. The molecule has 1 aromatic carbocycles. The van der Waals surface area contributed by atoms with Gasteiger partial charge < -0.3 is 9.84 Å². The van der Waals surface area contributed by atoms with Crippen LogP contribution in [-0.4, -0.2) is 17.7 Å². The number of carbonyl (C=O) groups excluding carboxylic acids is 1. The first kappa shape index (κ1) is 18.3. The highest BCUT2D eigenvalue weighted by Gasteiger charge is 2.05. The van der Waals surface area contributed by atoms with Crippen molar-refractivity contribution in [3.63, 3.8) is 0 Å². The second kappa shape index (κ2) is 11.8. The molecule has 0 aliphatic rings. The smallest absolute Gasteiger partial charge is 0.338 e. The third-order valence-electron chi connectivity index (χ3n) is 3.49. The lowest BCUT2D eigenvalue weighted by Crippen LogP contribution is -2.06. The standard InChI is InChI=1S/C19H28O3/c1-2-3-4-5-6-7-8-9-10-11-16-22-19(21)17-12-14-18(20)15-13-17/h7-8,12-15,20H,2-6,9-11,16H2,1H3. The minimum absolute atomic E-state index is 0.151. The van der Waals surface area contributed by atoms with Crippen molar-refractivity contribution < 1.29 is 14.6 Å². The summed E-state index contributed by atoms with van der Waals surface area (Å²) in [4.78, 5) is 11.7. The van der Waals surface area contributed by atoms with Gasteiger partial charge in [0.25, 0.3) is 0 Å². The zero-order valence-electron chi connectivity index (χ0n) is 13.6. The van der Waals surface area contributed by atoms with E-state index in [0.29, 0.717) is 12.2 Å². The molecular formula is C19H28O3. The fourth-order valence-electron chi connectivity index (χ4n) is 2.13. The largest absolute Gasteiger partial charge is 0.508 e. The Morgan fingerprint density at radius 1 is 1.00 bits per heavy atom. The predicted molar refractivity (Wildman–Crippen MR) is 90.1 cm³/mol. The van der Waals surface area contributed by atoms with Crippen molar-refractivity contribution in [3.05, 3.63) is 42.0 Å². The molecule has 122 valence electrons. The molecule has 0 saturated heterocycles. The van der Waals surface area contributed by atoms with E-state index >= 15 is 0 Å². The Morgan fingerprint density at radius 3 is 2.27 bits per heavy atom. The van der Waals surface area contributed by atoms with E-state index in [1.165, 1.54) is 44.2 Å². The number of carbonyl (C=O) groups is 1. The molecule has 3 heteroatoms. The number of benzene rings is 1. The number of hydrogen-bond acceptors (Lipinski definition) is 3. The molecule has 3 nitrogen and oxygen atoms in total. The fourth-order valence-corrected chi connectivity index (χ4v) is 2.13. The molecule has 1 N–H and O–H groups in total. The Labute approximate surface area is 134 Å². The summed E-state index contributed by atoms with van der Waals surface area (Å²) in [5.74, 6) is -0.176. The minimum Gasteiger partial charge on any atom is -0.508 e. The van der Waals surface area contributed by atoms with Crippen molar-refractivity contribution in [2.45, 2.75) is 58.3 Å². The van der Waals surface area contributed by atoms with Gasteiger partial charge in [-0.2, -0.15) is 0 Å². The number of ether oxygens (including phenoxy) is 1. The lowest BCUT2D eigenvalue weighted by atomic mass is 10.1. The van der Waals surface area contributed by atoms with Gasteiger partial charge in [-0.3, -0.25) is 0 Å². The van der Waals surface area contributed by atoms with Gasteiger partial charge in [0.15, 0.2) is 0 Å². The average molecular weight is 304 g/mol. The zero-order chi connectivity index (χ0) is 16.0.